The summed E-state index contributed by atoms with van der Waals surface area (Å²) in [5.41, 5.74) is 4.45. The normalized spacial score (nSPS) is 17.1. The molecule has 0 amide bonds. The van der Waals surface area contributed by atoms with E-state index in [1.807, 2.05) is 18.3 Å². The Morgan fingerprint density at radius 2 is 1.82 bits per heavy atom. The van der Waals surface area contributed by atoms with E-state index in [9.17, 15) is 0 Å². The first kappa shape index (κ1) is 18.5. The van der Waals surface area contributed by atoms with Crippen LogP contribution in [0.5, 0.6) is 5.75 Å². The standard InChI is InChI=1S/C24H27N3O/c1-16-8-10-18(11-9-16)27-15-21(24(2,3)4)26-23(27)20-14-19(28-5)13-17-7-6-12-25-22(17)20/h6-14,21H,15H2,1-5H3/t21-/m1/s1. The molecular formula is C24H27N3O. The van der Waals surface area contributed by atoms with E-state index >= 15 is 0 Å². The van der Waals surface area contributed by atoms with E-state index in [1.54, 1.807) is 7.11 Å². The lowest BCUT2D eigenvalue weighted by molar-refractivity contribution is 0.337. The highest BCUT2D eigenvalue weighted by Gasteiger charge is 2.35. The molecule has 2 heterocycles. The van der Waals surface area contributed by atoms with Crippen molar-refractivity contribution in [2.45, 2.75) is 33.7 Å². The molecule has 4 heteroatoms. The van der Waals surface area contributed by atoms with E-state index in [2.05, 4.69) is 74.0 Å². The van der Waals surface area contributed by atoms with Crippen LogP contribution in [0.2, 0.25) is 0 Å². The van der Waals surface area contributed by atoms with Crippen molar-refractivity contribution in [2.24, 2.45) is 10.4 Å². The van der Waals surface area contributed by atoms with E-state index in [4.69, 9.17) is 9.73 Å². The van der Waals surface area contributed by atoms with Gasteiger partial charge in [0.25, 0.3) is 0 Å². The number of amidine groups is 1. The summed E-state index contributed by atoms with van der Waals surface area (Å²) < 4.78 is 5.57. The first-order valence-electron chi connectivity index (χ1n) is 9.72. The van der Waals surface area contributed by atoms with Crippen LogP contribution in [0.15, 0.2) is 59.7 Å². The Morgan fingerprint density at radius 1 is 1.07 bits per heavy atom. The zero-order valence-corrected chi connectivity index (χ0v) is 17.2. The van der Waals surface area contributed by atoms with Crippen LogP contribution in [0.3, 0.4) is 0 Å². The molecule has 1 aliphatic heterocycles. The summed E-state index contributed by atoms with van der Waals surface area (Å²) >= 11 is 0. The lowest BCUT2D eigenvalue weighted by atomic mass is 9.87. The van der Waals surface area contributed by atoms with E-state index in [0.29, 0.717) is 0 Å². The Bertz CT molecular complexity index is 1030. The van der Waals surface area contributed by atoms with Crippen LogP contribution >= 0.6 is 0 Å². The number of benzene rings is 2. The Morgan fingerprint density at radius 3 is 2.50 bits per heavy atom. The summed E-state index contributed by atoms with van der Waals surface area (Å²) in [6, 6.07) is 17.0. The average Bonchev–Trinajstić information content (AvgIpc) is 3.13. The number of anilines is 1. The molecule has 1 atom stereocenters. The minimum Gasteiger partial charge on any atom is -0.497 e. The van der Waals surface area contributed by atoms with Gasteiger partial charge in [-0.15, -0.1) is 0 Å². The summed E-state index contributed by atoms with van der Waals surface area (Å²) in [5, 5.41) is 1.06. The van der Waals surface area contributed by atoms with Gasteiger partial charge in [-0.3, -0.25) is 9.98 Å². The molecule has 0 N–H and O–H groups in total. The molecule has 0 fully saturated rings. The second-order valence-corrected chi connectivity index (χ2v) is 8.53. The van der Waals surface area contributed by atoms with Gasteiger partial charge in [0.2, 0.25) is 0 Å². The van der Waals surface area contributed by atoms with Crippen molar-refractivity contribution < 1.29 is 4.74 Å². The molecule has 144 valence electrons. The number of methoxy groups -OCH3 is 1. The molecule has 1 aromatic heterocycles. The van der Waals surface area contributed by atoms with Crippen molar-refractivity contribution in [1.82, 2.24) is 4.98 Å². The molecule has 0 bridgehead atoms. The number of aryl methyl sites for hydroxylation is 1. The summed E-state index contributed by atoms with van der Waals surface area (Å²) in [7, 11) is 1.70. The third kappa shape index (κ3) is 3.35. The summed E-state index contributed by atoms with van der Waals surface area (Å²) in [5.74, 6) is 1.78. The van der Waals surface area contributed by atoms with Gasteiger partial charge in [0.05, 0.1) is 18.7 Å². The number of rotatable bonds is 3. The number of fused-ring (bicyclic) bond motifs is 1. The van der Waals surface area contributed by atoms with Gasteiger partial charge in [0.15, 0.2) is 0 Å². The van der Waals surface area contributed by atoms with Gasteiger partial charge in [-0.05, 0) is 42.7 Å². The Balaban J connectivity index is 1.91. The maximum absolute atomic E-state index is 5.57. The van der Waals surface area contributed by atoms with E-state index in [1.165, 1.54) is 5.56 Å². The van der Waals surface area contributed by atoms with Gasteiger partial charge in [-0.1, -0.05) is 44.5 Å². The Hall–Kier alpha value is -2.88. The predicted molar refractivity (Wildman–Crippen MR) is 117 cm³/mol. The number of hydrogen-bond donors (Lipinski definition) is 0. The maximum atomic E-state index is 5.57. The zero-order chi connectivity index (χ0) is 19.9. The zero-order valence-electron chi connectivity index (χ0n) is 17.2. The molecule has 1 aliphatic rings. The molecule has 4 nitrogen and oxygen atoms in total. The molecule has 28 heavy (non-hydrogen) atoms. The minimum atomic E-state index is 0.0762. The number of aliphatic imine (C=N–C) groups is 1. The SMILES string of the molecule is COc1cc(C2=N[C@@H](C(C)(C)C)CN2c2ccc(C)cc2)c2ncccc2c1. The Kier molecular flexibility index (Phi) is 4.58. The number of aromatic nitrogens is 1. The predicted octanol–water partition coefficient (Wildman–Crippen LogP) is 5.23. The fourth-order valence-electron chi connectivity index (χ4n) is 3.61. The van der Waals surface area contributed by atoms with Crippen LogP contribution in [-0.4, -0.2) is 30.5 Å². The van der Waals surface area contributed by atoms with E-state index in [0.717, 1.165) is 40.3 Å². The number of hydrogen-bond acceptors (Lipinski definition) is 4. The molecular weight excluding hydrogens is 346 g/mol. The van der Waals surface area contributed by atoms with Crippen LogP contribution < -0.4 is 9.64 Å². The maximum Gasteiger partial charge on any atom is 0.138 e. The van der Waals surface area contributed by atoms with Gasteiger partial charge in [0.1, 0.15) is 11.6 Å². The number of pyridine rings is 1. The molecule has 4 rings (SSSR count). The molecule has 0 unspecified atom stereocenters. The van der Waals surface area contributed by atoms with Crippen LogP contribution in [0.4, 0.5) is 5.69 Å². The van der Waals surface area contributed by atoms with Crippen molar-refractivity contribution in [3.8, 4) is 5.75 Å². The van der Waals surface area contributed by atoms with E-state index < -0.39 is 0 Å². The second kappa shape index (κ2) is 6.93. The van der Waals surface area contributed by atoms with Crippen molar-refractivity contribution in [1.29, 1.82) is 0 Å². The van der Waals surface area contributed by atoms with Crippen LogP contribution in [0.1, 0.15) is 31.9 Å². The topological polar surface area (TPSA) is 37.7 Å². The highest BCUT2D eigenvalue weighted by atomic mass is 16.5. The van der Waals surface area contributed by atoms with Gasteiger partial charge >= 0.3 is 0 Å². The average molecular weight is 374 g/mol. The first-order valence-corrected chi connectivity index (χ1v) is 9.72. The lowest BCUT2D eigenvalue weighted by Gasteiger charge is -2.26. The smallest absolute Gasteiger partial charge is 0.138 e. The summed E-state index contributed by atoms with van der Waals surface area (Å²) in [6.45, 7) is 9.71. The molecule has 0 spiro atoms. The lowest BCUT2D eigenvalue weighted by Crippen LogP contribution is -2.34. The Labute approximate surface area is 166 Å². The molecule has 2 aromatic carbocycles. The van der Waals surface area contributed by atoms with E-state index in [-0.39, 0.29) is 11.5 Å². The molecule has 0 radical (unpaired) electrons. The second-order valence-electron chi connectivity index (χ2n) is 8.53. The highest BCUT2D eigenvalue weighted by Crippen LogP contribution is 2.34. The third-order valence-corrected chi connectivity index (χ3v) is 5.39. The van der Waals surface area contributed by atoms with Crippen molar-refractivity contribution in [2.75, 3.05) is 18.6 Å². The highest BCUT2D eigenvalue weighted by molar-refractivity contribution is 6.17. The fourth-order valence-corrected chi connectivity index (χ4v) is 3.61. The van der Waals surface area contributed by atoms with Crippen LogP contribution in [-0.2, 0) is 0 Å². The fraction of sp³-hybridized carbons (Fsp3) is 0.333. The van der Waals surface area contributed by atoms with Crippen LogP contribution in [0, 0.1) is 12.3 Å². The largest absolute Gasteiger partial charge is 0.497 e. The first-order chi connectivity index (χ1) is 13.4. The molecule has 3 aromatic rings. The minimum absolute atomic E-state index is 0.0762. The monoisotopic (exact) mass is 373 g/mol. The summed E-state index contributed by atoms with van der Waals surface area (Å²) in [6.07, 6.45) is 1.84. The summed E-state index contributed by atoms with van der Waals surface area (Å²) in [4.78, 5) is 12.2. The van der Waals surface area contributed by atoms with Gasteiger partial charge < -0.3 is 9.64 Å². The van der Waals surface area contributed by atoms with Crippen molar-refractivity contribution >= 4 is 22.4 Å². The van der Waals surface area contributed by atoms with Gasteiger partial charge in [-0.2, -0.15) is 0 Å². The molecule has 0 saturated heterocycles. The van der Waals surface area contributed by atoms with Crippen molar-refractivity contribution in [3.05, 3.63) is 65.9 Å². The van der Waals surface area contributed by atoms with Gasteiger partial charge in [-0.25, -0.2) is 0 Å². The molecule has 0 saturated carbocycles. The van der Waals surface area contributed by atoms with Gasteiger partial charge in [0, 0.05) is 29.4 Å². The van der Waals surface area contributed by atoms with Crippen molar-refractivity contribution in [3.63, 3.8) is 0 Å². The number of ether oxygens (including phenoxy) is 1. The molecule has 0 aliphatic carbocycles. The van der Waals surface area contributed by atoms with Crippen LogP contribution in [0.25, 0.3) is 10.9 Å². The third-order valence-electron chi connectivity index (χ3n) is 5.39. The quantitative estimate of drug-likeness (QED) is 0.631. The number of nitrogens with zero attached hydrogens (tertiary/aromatic N) is 3.